The number of aliphatic imine (C=N–C) groups is 1. The zero-order valence-electron chi connectivity index (χ0n) is 12.4. The summed E-state index contributed by atoms with van der Waals surface area (Å²) in [5, 5.41) is 3.26. The number of carbonyl (C=O) groups excluding carboxylic acids is 1. The van der Waals surface area contributed by atoms with Crippen molar-refractivity contribution in [2.45, 2.75) is 32.1 Å². The van der Waals surface area contributed by atoms with Crippen LogP contribution in [0.3, 0.4) is 0 Å². The summed E-state index contributed by atoms with van der Waals surface area (Å²) in [6.07, 6.45) is 5.86. The molecular weight excluding hydrogens is 369 g/mol. The van der Waals surface area contributed by atoms with E-state index in [1.165, 1.54) is 32.8 Å². The van der Waals surface area contributed by atoms with E-state index in [0.29, 0.717) is 13.0 Å². The van der Waals surface area contributed by atoms with Crippen molar-refractivity contribution in [3.8, 4) is 0 Å². The van der Waals surface area contributed by atoms with Crippen LogP contribution in [0.25, 0.3) is 0 Å². The van der Waals surface area contributed by atoms with Gasteiger partial charge < -0.3 is 15.0 Å². The van der Waals surface area contributed by atoms with Crippen LogP contribution in [0.1, 0.15) is 32.1 Å². The number of hydrogen-bond donors (Lipinski definition) is 1. The molecule has 2 unspecified atom stereocenters. The first-order chi connectivity index (χ1) is 9.24. The summed E-state index contributed by atoms with van der Waals surface area (Å²) in [4.78, 5) is 17.8. The number of halogens is 1. The summed E-state index contributed by atoms with van der Waals surface area (Å²) in [6.45, 7) is 2.82. The van der Waals surface area contributed by atoms with Crippen LogP contribution >= 0.6 is 24.0 Å². The Hall–Kier alpha value is -0.530. The van der Waals surface area contributed by atoms with Crippen molar-refractivity contribution in [1.82, 2.24) is 10.2 Å². The molecule has 0 bridgehead atoms. The predicted molar refractivity (Wildman–Crippen MR) is 90.4 cm³/mol. The van der Waals surface area contributed by atoms with Gasteiger partial charge in [-0.25, -0.2) is 0 Å². The molecule has 1 saturated heterocycles. The first-order valence-corrected chi connectivity index (χ1v) is 7.27. The molecule has 1 aliphatic heterocycles. The summed E-state index contributed by atoms with van der Waals surface area (Å²) in [5.41, 5.74) is 0. The highest BCUT2D eigenvalue weighted by Gasteiger charge is 2.35. The molecule has 0 aromatic rings. The molecule has 1 N–H and O–H groups in total. The minimum atomic E-state index is -0.182. The molecular formula is C14H26IN3O2. The van der Waals surface area contributed by atoms with E-state index in [1.807, 2.05) is 7.05 Å². The Balaban J connectivity index is 0.00000200. The Labute approximate surface area is 138 Å². The third-order valence-electron chi connectivity index (χ3n) is 4.33. The minimum Gasteiger partial charge on any atom is -0.469 e. The summed E-state index contributed by atoms with van der Waals surface area (Å²) in [7, 11) is 3.23. The maximum Gasteiger partial charge on any atom is 0.307 e. The molecule has 1 saturated carbocycles. The average Bonchev–Trinajstić information content (AvgIpc) is 2.86. The Kier molecular flexibility index (Phi) is 7.61. The second-order valence-corrected chi connectivity index (χ2v) is 5.51. The largest absolute Gasteiger partial charge is 0.469 e. The quantitative estimate of drug-likeness (QED) is 0.343. The van der Waals surface area contributed by atoms with Gasteiger partial charge in [-0.1, -0.05) is 12.8 Å². The molecule has 5 nitrogen and oxygen atoms in total. The summed E-state index contributed by atoms with van der Waals surface area (Å²) in [5.74, 6) is 2.43. The molecule has 0 aromatic carbocycles. The van der Waals surface area contributed by atoms with Gasteiger partial charge >= 0.3 is 5.97 Å². The van der Waals surface area contributed by atoms with Crippen molar-refractivity contribution >= 4 is 35.9 Å². The van der Waals surface area contributed by atoms with Crippen molar-refractivity contribution in [2.75, 3.05) is 33.8 Å². The maximum absolute atomic E-state index is 11.1. The number of likely N-dealkylation sites (tertiary alicyclic amines) is 1. The van der Waals surface area contributed by atoms with Gasteiger partial charge in [0.15, 0.2) is 5.96 Å². The zero-order valence-corrected chi connectivity index (χ0v) is 14.8. The molecule has 2 rings (SSSR count). The van der Waals surface area contributed by atoms with Crippen molar-refractivity contribution in [1.29, 1.82) is 0 Å². The van der Waals surface area contributed by atoms with Crippen molar-refractivity contribution in [3.05, 3.63) is 0 Å². The highest BCUT2D eigenvalue weighted by atomic mass is 127. The molecule has 116 valence electrons. The van der Waals surface area contributed by atoms with Crippen LogP contribution in [0.15, 0.2) is 4.99 Å². The van der Waals surface area contributed by atoms with Crippen LogP contribution < -0.4 is 5.32 Å². The Bertz CT molecular complexity index is 335. The molecule has 0 aromatic heterocycles. The molecule has 6 heteroatoms. The van der Waals surface area contributed by atoms with E-state index < -0.39 is 0 Å². The van der Waals surface area contributed by atoms with Gasteiger partial charge in [0.05, 0.1) is 13.5 Å². The predicted octanol–water partition coefficient (Wildman–Crippen LogP) is 1.86. The molecule has 20 heavy (non-hydrogen) atoms. The summed E-state index contributed by atoms with van der Waals surface area (Å²) < 4.78 is 4.64. The first kappa shape index (κ1) is 17.5. The van der Waals surface area contributed by atoms with E-state index in [2.05, 4.69) is 19.9 Å². The molecule has 0 spiro atoms. The number of hydrogen-bond acceptors (Lipinski definition) is 3. The Morgan fingerprint density at radius 2 is 1.90 bits per heavy atom. The molecule has 1 aliphatic carbocycles. The molecule has 1 heterocycles. The van der Waals surface area contributed by atoms with E-state index in [4.69, 9.17) is 0 Å². The molecule has 2 atom stereocenters. The lowest BCUT2D eigenvalue weighted by Gasteiger charge is -2.22. The normalized spacial score (nSPS) is 25.7. The monoisotopic (exact) mass is 395 g/mol. The number of fused-ring (bicyclic) bond motifs is 1. The highest BCUT2D eigenvalue weighted by Crippen LogP contribution is 2.35. The topological polar surface area (TPSA) is 53.9 Å². The Morgan fingerprint density at radius 1 is 1.30 bits per heavy atom. The van der Waals surface area contributed by atoms with Gasteiger partial charge in [-0.05, 0) is 24.7 Å². The Morgan fingerprint density at radius 3 is 2.40 bits per heavy atom. The summed E-state index contributed by atoms with van der Waals surface area (Å²) >= 11 is 0. The third kappa shape index (κ3) is 4.49. The van der Waals surface area contributed by atoms with Crippen LogP contribution in [0.4, 0.5) is 0 Å². The van der Waals surface area contributed by atoms with Crippen LogP contribution in [0.5, 0.6) is 0 Å². The standard InChI is InChI=1S/C14H25N3O2.HI/c1-15-14(16-8-7-13(18)19-2)17-9-11-5-3-4-6-12(11)10-17;/h11-12H,3-10H2,1-2H3,(H,15,16);1H. The van der Waals surface area contributed by atoms with Crippen molar-refractivity contribution < 1.29 is 9.53 Å². The fourth-order valence-electron chi connectivity index (χ4n) is 3.29. The average molecular weight is 395 g/mol. The number of methoxy groups -OCH3 is 1. The van der Waals surface area contributed by atoms with Gasteiger partial charge in [-0.2, -0.15) is 0 Å². The third-order valence-corrected chi connectivity index (χ3v) is 4.33. The number of rotatable bonds is 3. The number of esters is 1. The van der Waals surface area contributed by atoms with Crippen LogP contribution in [-0.2, 0) is 9.53 Å². The minimum absolute atomic E-state index is 0. The number of nitrogens with one attached hydrogen (secondary N) is 1. The molecule has 0 radical (unpaired) electrons. The van der Waals surface area contributed by atoms with E-state index in [0.717, 1.165) is 30.9 Å². The van der Waals surface area contributed by atoms with E-state index in [1.54, 1.807) is 0 Å². The van der Waals surface area contributed by atoms with Crippen LogP contribution in [0, 0.1) is 11.8 Å². The first-order valence-electron chi connectivity index (χ1n) is 7.27. The van der Waals surface area contributed by atoms with Crippen LogP contribution in [-0.4, -0.2) is 50.6 Å². The second-order valence-electron chi connectivity index (χ2n) is 5.51. The molecule has 0 amide bonds. The lowest BCUT2D eigenvalue weighted by molar-refractivity contribution is -0.140. The fraction of sp³-hybridized carbons (Fsp3) is 0.857. The smallest absolute Gasteiger partial charge is 0.307 e. The van der Waals surface area contributed by atoms with Gasteiger partial charge in [0, 0.05) is 26.7 Å². The van der Waals surface area contributed by atoms with E-state index in [-0.39, 0.29) is 29.9 Å². The summed E-state index contributed by atoms with van der Waals surface area (Å²) in [6, 6.07) is 0. The SMILES string of the molecule is CN=C(NCCC(=O)OC)N1CC2CCCCC2C1.I. The van der Waals surface area contributed by atoms with Gasteiger partial charge in [0.25, 0.3) is 0 Å². The number of ether oxygens (including phenoxy) is 1. The van der Waals surface area contributed by atoms with Crippen molar-refractivity contribution in [2.24, 2.45) is 16.8 Å². The van der Waals surface area contributed by atoms with E-state index in [9.17, 15) is 4.79 Å². The number of guanidine groups is 1. The molecule has 2 fully saturated rings. The van der Waals surface area contributed by atoms with Gasteiger partial charge in [-0.3, -0.25) is 9.79 Å². The van der Waals surface area contributed by atoms with Gasteiger partial charge in [-0.15, -0.1) is 24.0 Å². The second kappa shape index (κ2) is 8.69. The number of carbonyl (C=O) groups is 1. The van der Waals surface area contributed by atoms with Gasteiger partial charge in [0.2, 0.25) is 0 Å². The molecule has 2 aliphatic rings. The van der Waals surface area contributed by atoms with Crippen LogP contribution in [0.2, 0.25) is 0 Å². The lowest BCUT2D eigenvalue weighted by atomic mass is 9.82. The van der Waals surface area contributed by atoms with E-state index >= 15 is 0 Å². The van der Waals surface area contributed by atoms with Gasteiger partial charge in [0.1, 0.15) is 0 Å². The zero-order chi connectivity index (χ0) is 13.7. The lowest BCUT2D eigenvalue weighted by Crippen LogP contribution is -2.41. The fourth-order valence-corrected chi connectivity index (χ4v) is 3.29. The van der Waals surface area contributed by atoms with Crippen molar-refractivity contribution in [3.63, 3.8) is 0 Å². The highest BCUT2D eigenvalue weighted by molar-refractivity contribution is 14.0. The number of nitrogens with zero attached hydrogens (tertiary/aromatic N) is 2. The maximum atomic E-state index is 11.1.